The van der Waals surface area contributed by atoms with Crippen molar-refractivity contribution in [2.75, 3.05) is 17.7 Å². The summed E-state index contributed by atoms with van der Waals surface area (Å²) in [4.78, 5) is 24.3. The average Bonchev–Trinajstić information content (AvgIpc) is 2.70. The second kappa shape index (κ2) is 11.2. The summed E-state index contributed by atoms with van der Waals surface area (Å²) in [6, 6.07) is 9.75. The van der Waals surface area contributed by atoms with E-state index in [1.165, 1.54) is 13.2 Å². The van der Waals surface area contributed by atoms with Crippen molar-refractivity contribution < 1.29 is 19.1 Å². The summed E-state index contributed by atoms with van der Waals surface area (Å²) in [5, 5.41) is 9.07. The van der Waals surface area contributed by atoms with E-state index in [0.717, 1.165) is 0 Å². The van der Waals surface area contributed by atoms with Crippen molar-refractivity contribution in [1.82, 2.24) is 5.32 Å². The third kappa shape index (κ3) is 7.27. The lowest BCUT2D eigenvalue weighted by molar-refractivity contribution is -0.125. The van der Waals surface area contributed by atoms with E-state index < -0.39 is 12.0 Å². The van der Waals surface area contributed by atoms with Gasteiger partial charge in [0.2, 0.25) is 5.91 Å². The molecule has 0 fully saturated rings. The first kappa shape index (κ1) is 24.7. The maximum Gasteiger partial charge on any atom is 0.266 e. The fourth-order valence-corrected chi connectivity index (χ4v) is 3.01. The van der Waals surface area contributed by atoms with E-state index in [2.05, 4.69) is 16.0 Å². The van der Waals surface area contributed by atoms with Crippen molar-refractivity contribution in [3.63, 3.8) is 0 Å². The maximum absolute atomic E-state index is 12.4. The molecule has 2 aromatic carbocycles. The highest BCUT2D eigenvalue weighted by molar-refractivity contribution is 7.80. The van der Waals surface area contributed by atoms with E-state index in [-0.39, 0.29) is 16.9 Å². The largest absolute Gasteiger partial charge is 0.494 e. The smallest absolute Gasteiger partial charge is 0.266 e. The fourth-order valence-electron chi connectivity index (χ4n) is 2.34. The lowest BCUT2D eigenvalue weighted by atomic mass is 10.2. The Labute approximate surface area is 196 Å². The van der Waals surface area contributed by atoms with E-state index >= 15 is 0 Å². The van der Waals surface area contributed by atoms with Crippen LogP contribution in [0.3, 0.4) is 0 Å². The molecule has 0 radical (unpaired) electrons. The van der Waals surface area contributed by atoms with Gasteiger partial charge in [0.15, 0.2) is 11.2 Å². The van der Waals surface area contributed by atoms with Gasteiger partial charge in [0.25, 0.3) is 5.91 Å². The topological polar surface area (TPSA) is 88.7 Å². The first-order chi connectivity index (χ1) is 14.6. The SMILES string of the molecule is COc1cc(NC(=S)NC(=O)C(C)Oc2ccc(Cl)cc2Cl)ccc1NC(=O)C(C)C. The quantitative estimate of drug-likeness (QED) is 0.486. The fraction of sp³-hybridized carbons (Fsp3) is 0.286. The molecule has 2 rings (SSSR count). The van der Waals surface area contributed by atoms with Crippen LogP contribution in [0.4, 0.5) is 11.4 Å². The summed E-state index contributed by atoms with van der Waals surface area (Å²) < 4.78 is 10.9. The van der Waals surface area contributed by atoms with Gasteiger partial charge in [-0.2, -0.15) is 0 Å². The molecule has 0 saturated carbocycles. The Balaban J connectivity index is 1.98. The van der Waals surface area contributed by atoms with E-state index in [0.29, 0.717) is 32.9 Å². The number of benzene rings is 2. The van der Waals surface area contributed by atoms with Gasteiger partial charge in [0.05, 0.1) is 17.8 Å². The Morgan fingerprint density at radius 2 is 1.68 bits per heavy atom. The molecule has 0 aromatic heterocycles. The van der Waals surface area contributed by atoms with Gasteiger partial charge in [-0.15, -0.1) is 0 Å². The number of ether oxygens (including phenoxy) is 2. The molecule has 166 valence electrons. The molecule has 0 saturated heterocycles. The van der Waals surface area contributed by atoms with Gasteiger partial charge in [-0.1, -0.05) is 37.0 Å². The Hall–Kier alpha value is -2.55. The van der Waals surface area contributed by atoms with Crippen LogP contribution in [0.1, 0.15) is 20.8 Å². The van der Waals surface area contributed by atoms with E-state index in [9.17, 15) is 9.59 Å². The Morgan fingerprint density at radius 1 is 0.968 bits per heavy atom. The molecule has 0 aliphatic carbocycles. The predicted octanol–water partition coefficient (Wildman–Crippen LogP) is 4.88. The minimum atomic E-state index is -0.860. The number of halogens is 2. The van der Waals surface area contributed by atoms with Crippen LogP contribution in [-0.4, -0.2) is 30.1 Å². The standard InChI is InChI=1S/C21H23Cl2N3O4S/c1-11(2)19(27)25-16-7-6-14(10-18(16)29-4)24-21(31)26-20(28)12(3)30-17-8-5-13(22)9-15(17)23/h5-12H,1-4H3,(H,25,27)(H2,24,26,28,31). The summed E-state index contributed by atoms with van der Waals surface area (Å²) >= 11 is 17.1. The van der Waals surface area contributed by atoms with Crippen LogP contribution in [-0.2, 0) is 9.59 Å². The van der Waals surface area contributed by atoms with Gasteiger partial charge in [0, 0.05) is 22.7 Å². The van der Waals surface area contributed by atoms with Crippen molar-refractivity contribution in [1.29, 1.82) is 0 Å². The first-order valence-electron chi connectivity index (χ1n) is 9.33. The number of hydrogen-bond donors (Lipinski definition) is 3. The Kier molecular flexibility index (Phi) is 8.91. The number of anilines is 2. The summed E-state index contributed by atoms with van der Waals surface area (Å²) in [6.45, 7) is 5.16. The van der Waals surface area contributed by atoms with Crippen LogP contribution >= 0.6 is 35.4 Å². The molecule has 1 atom stereocenters. The molecule has 3 N–H and O–H groups in total. The summed E-state index contributed by atoms with van der Waals surface area (Å²) in [5.41, 5.74) is 1.10. The zero-order chi connectivity index (χ0) is 23.1. The molecule has 0 aliphatic rings. The normalized spacial score (nSPS) is 11.5. The van der Waals surface area contributed by atoms with Crippen LogP contribution in [0.5, 0.6) is 11.5 Å². The highest BCUT2D eigenvalue weighted by Gasteiger charge is 2.18. The van der Waals surface area contributed by atoms with Gasteiger partial charge < -0.3 is 20.1 Å². The molecule has 0 heterocycles. The molecular weight excluding hydrogens is 461 g/mol. The van der Waals surface area contributed by atoms with Gasteiger partial charge in [-0.3, -0.25) is 14.9 Å². The van der Waals surface area contributed by atoms with Gasteiger partial charge in [-0.25, -0.2) is 0 Å². The van der Waals surface area contributed by atoms with Crippen LogP contribution < -0.4 is 25.4 Å². The maximum atomic E-state index is 12.4. The third-order valence-corrected chi connectivity index (χ3v) is 4.78. The van der Waals surface area contributed by atoms with Crippen molar-refractivity contribution in [2.24, 2.45) is 5.92 Å². The lowest BCUT2D eigenvalue weighted by Crippen LogP contribution is -2.42. The molecule has 10 heteroatoms. The first-order valence-corrected chi connectivity index (χ1v) is 10.5. The number of nitrogens with one attached hydrogen (secondary N) is 3. The van der Waals surface area contributed by atoms with Crippen molar-refractivity contribution in [3.8, 4) is 11.5 Å². The molecule has 0 spiro atoms. The second-order valence-corrected chi connectivity index (χ2v) is 8.09. The summed E-state index contributed by atoms with van der Waals surface area (Å²) in [7, 11) is 1.49. The zero-order valence-electron chi connectivity index (χ0n) is 17.4. The third-order valence-electron chi connectivity index (χ3n) is 4.05. The van der Waals surface area contributed by atoms with Crippen LogP contribution in [0.15, 0.2) is 36.4 Å². The van der Waals surface area contributed by atoms with Gasteiger partial charge in [0.1, 0.15) is 11.5 Å². The number of amides is 2. The van der Waals surface area contributed by atoms with E-state index in [4.69, 9.17) is 44.9 Å². The van der Waals surface area contributed by atoms with Crippen LogP contribution in [0.25, 0.3) is 0 Å². The van der Waals surface area contributed by atoms with Crippen molar-refractivity contribution in [2.45, 2.75) is 26.9 Å². The molecule has 7 nitrogen and oxygen atoms in total. The number of carbonyl (C=O) groups excluding carboxylic acids is 2. The highest BCUT2D eigenvalue weighted by Crippen LogP contribution is 2.29. The van der Waals surface area contributed by atoms with Gasteiger partial charge >= 0.3 is 0 Å². The Morgan fingerprint density at radius 3 is 2.29 bits per heavy atom. The second-order valence-electron chi connectivity index (χ2n) is 6.84. The monoisotopic (exact) mass is 483 g/mol. The summed E-state index contributed by atoms with van der Waals surface area (Å²) in [5.74, 6) is 0.0173. The molecule has 31 heavy (non-hydrogen) atoms. The van der Waals surface area contributed by atoms with Crippen molar-refractivity contribution >= 4 is 63.7 Å². The Bertz CT molecular complexity index is 985. The molecule has 2 amide bonds. The van der Waals surface area contributed by atoms with Crippen molar-refractivity contribution in [3.05, 3.63) is 46.4 Å². The molecule has 2 aromatic rings. The number of hydrogen-bond acceptors (Lipinski definition) is 5. The van der Waals surface area contributed by atoms with E-state index in [1.807, 2.05) is 0 Å². The predicted molar refractivity (Wildman–Crippen MR) is 127 cm³/mol. The molecule has 1 unspecified atom stereocenters. The van der Waals surface area contributed by atoms with Crippen LogP contribution in [0, 0.1) is 5.92 Å². The van der Waals surface area contributed by atoms with Crippen LogP contribution in [0.2, 0.25) is 10.0 Å². The lowest BCUT2D eigenvalue weighted by Gasteiger charge is -2.17. The van der Waals surface area contributed by atoms with Gasteiger partial charge in [-0.05, 0) is 49.5 Å². The highest BCUT2D eigenvalue weighted by atomic mass is 35.5. The average molecular weight is 484 g/mol. The number of carbonyl (C=O) groups is 2. The minimum absolute atomic E-state index is 0.0728. The number of thiocarbonyl (C=S) groups is 1. The molecule has 0 aliphatic heterocycles. The molecule has 0 bridgehead atoms. The minimum Gasteiger partial charge on any atom is -0.494 e. The number of rotatable bonds is 7. The van der Waals surface area contributed by atoms with E-state index in [1.54, 1.807) is 51.1 Å². The number of methoxy groups -OCH3 is 1. The zero-order valence-corrected chi connectivity index (χ0v) is 19.7. The summed E-state index contributed by atoms with van der Waals surface area (Å²) in [6.07, 6.45) is -0.860. The molecular formula is C21H23Cl2N3O4S.